The average Bonchev–Trinajstić information content (AvgIpc) is 3.04. The molecule has 7 nitrogen and oxygen atoms in total. The number of hydrogen-bond acceptors (Lipinski definition) is 6. The SMILES string of the molecule is COc1cccc2c1C(NC1=Nc3ccc(NC(C)=O)cc3CO1)CO2. The number of fused-ring (bicyclic) bond motifs is 2. The molecule has 0 aliphatic carbocycles. The summed E-state index contributed by atoms with van der Waals surface area (Å²) in [7, 11) is 1.64. The highest BCUT2D eigenvalue weighted by Gasteiger charge is 2.29. The van der Waals surface area contributed by atoms with Crippen molar-refractivity contribution in [2.75, 3.05) is 19.0 Å². The Hall–Kier alpha value is -3.22. The molecule has 2 aliphatic heterocycles. The number of carbonyl (C=O) groups excluding carboxylic acids is 1. The minimum atomic E-state index is -0.110. The molecule has 2 aliphatic rings. The molecular formula is C19H19N3O4. The van der Waals surface area contributed by atoms with Crippen LogP contribution in [-0.4, -0.2) is 25.6 Å². The van der Waals surface area contributed by atoms with E-state index < -0.39 is 0 Å². The summed E-state index contributed by atoms with van der Waals surface area (Å²) < 4.78 is 16.9. The van der Waals surface area contributed by atoms with Crippen LogP contribution in [0.3, 0.4) is 0 Å². The second-order valence-corrected chi connectivity index (χ2v) is 6.11. The van der Waals surface area contributed by atoms with Crippen LogP contribution in [0.1, 0.15) is 24.1 Å². The lowest BCUT2D eigenvalue weighted by molar-refractivity contribution is -0.114. The Morgan fingerprint density at radius 2 is 2.15 bits per heavy atom. The Labute approximate surface area is 151 Å². The van der Waals surface area contributed by atoms with Gasteiger partial charge in [-0.1, -0.05) is 6.07 Å². The maximum absolute atomic E-state index is 11.2. The van der Waals surface area contributed by atoms with Gasteiger partial charge in [-0.05, 0) is 30.3 Å². The van der Waals surface area contributed by atoms with Gasteiger partial charge in [-0.15, -0.1) is 0 Å². The van der Waals surface area contributed by atoms with Gasteiger partial charge in [0.05, 0.1) is 24.4 Å². The van der Waals surface area contributed by atoms with Crippen molar-refractivity contribution in [1.82, 2.24) is 5.32 Å². The van der Waals surface area contributed by atoms with Gasteiger partial charge in [-0.2, -0.15) is 4.99 Å². The molecule has 26 heavy (non-hydrogen) atoms. The molecule has 0 radical (unpaired) electrons. The van der Waals surface area contributed by atoms with Crippen LogP contribution in [0.15, 0.2) is 41.4 Å². The summed E-state index contributed by atoms with van der Waals surface area (Å²) in [4.78, 5) is 15.7. The lowest BCUT2D eigenvalue weighted by Crippen LogP contribution is -2.32. The molecule has 7 heteroatoms. The third kappa shape index (κ3) is 3.03. The van der Waals surface area contributed by atoms with Gasteiger partial charge < -0.3 is 24.8 Å². The van der Waals surface area contributed by atoms with Crippen molar-refractivity contribution in [2.24, 2.45) is 4.99 Å². The number of carbonyl (C=O) groups is 1. The fourth-order valence-corrected chi connectivity index (χ4v) is 3.14. The number of benzene rings is 2. The molecule has 0 bridgehead atoms. The minimum Gasteiger partial charge on any atom is -0.496 e. The summed E-state index contributed by atoms with van der Waals surface area (Å²) in [5, 5.41) is 6.05. The Kier molecular flexibility index (Phi) is 4.12. The topological polar surface area (TPSA) is 81.2 Å². The van der Waals surface area contributed by atoms with Gasteiger partial charge in [0.2, 0.25) is 5.91 Å². The number of amides is 1. The van der Waals surface area contributed by atoms with Gasteiger partial charge >= 0.3 is 0 Å². The molecule has 2 heterocycles. The summed E-state index contributed by atoms with van der Waals surface area (Å²) in [6, 6.07) is 11.6. The zero-order chi connectivity index (χ0) is 18.1. The summed E-state index contributed by atoms with van der Waals surface area (Å²) >= 11 is 0. The van der Waals surface area contributed by atoms with Crippen LogP contribution in [0.25, 0.3) is 0 Å². The minimum absolute atomic E-state index is 0.0971. The van der Waals surface area contributed by atoms with Crippen LogP contribution in [-0.2, 0) is 16.1 Å². The largest absolute Gasteiger partial charge is 0.496 e. The average molecular weight is 353 g/mol. The lowest BCUT2D eigenvalue weighted by Gasteiger charge is -2.21. The Balaban J connectivity index is 1.55. The zero-order valence-corrected chi connectivity index (χ0v) is 14.5. The van der Waals surface area contributed by atoms with E-state index in [1.165, 1.54) is 6.92 Å². The van der Waals surface area contributed by atoms with E-state index in [1.807, 2.05) is 36.4 Å². The first-order chi connectivity index (χ1) is 12.6. The molecule has 1 atom stereocenters. The van der Waals surface area contributed by atoms with Crippen molar-refractivity contribution in [3.63, 3.8) is 0 Å². The number of methoxy groups -OCH3 is 1. The van der Waals surface area contributed by atoms with Crippen molar-refractivity contribution in [2.45, 2.75) is 19.6 Å². The highest BCUT2D eigenvalue weighted by molar-refractivity contribution is 5.89. The molecule has 2 N–H and O–H groups in total. The first-order valence-corrected chi connectivity index (χ1v) is 8.32. The molecule has 2 aromatic carbocycles. The van der Waals surface area contributed by atoms with Crippen molar-refractivity contribution >= 4 is 23.3 Å². The number of ether oxygens (including phenoxy) is 3. The first-order valence-electron chi connectivity index (χ1n) is 8.32. The summed E-state index contributed by atoms with van der Waals surface area (Å²) in [5.74, 6) is 1.47. The van der Waals surface area contributed by atoms with E-state index in [4.69, 9.17) is 14.2 Å². The molecule has 1 unspecified atom stereocenters. The number of aliphatic imine (C=N–C) groups is 1. The standard InChI is InChI=1S/C19H19N3O4/c1-11(23)20-13-6-7-14-12(8-13)9-26-19(21-14)22-15-10-25-17-5-3-4-16(24-2)18(15)17/h3-8,15H,9-10H2,1-2H3,(H,20,23)(H,21,22). The van der Waals surface area contributed by atoms with Crippen LogP contribution in [0.4, 0.5) is 11.4 Å². The number of anilines is 1. The second-order valence-electron chi connectivity index (χ2n) is 6.11. The van der Waals surface area contributed by atoms with Crippen molar-refractivity contribution < 1.29 is 19.0 Å². The Morgan fingerprint density at radius 1 is 1.27 bits per heavy atom. The quantitative estimate of drug-likeness (QED) is 0.887. The highest BCUT2D eigenvalue weighted by Crippen LogP contribution is 2.39. The van der Waals surface area contributed by atoms with E-state index in [1.54, 1.807) is 7.11 Å². The number of rotatable bonds is 3. The number of amidine groups is 1. The van der Waals surface area contributed by atoms with E-state index in [-0.39, 0.29) is 11.9 Å². The third-order valence-corrected chi connectivity index (χ3v) is 4.28. The summed E-state index contributed by atoms with van der Waals surface area (Å²) in [5.41, 5.74) is 3.43. The maximum Gasteiger partial charge on any atom is 0.290 e. The molecule has 0 saturated heterocycles. The van der Waals surface area contributed by atoms with Crippen LogP contribution in [0.2, 0.25) is 0 Å². The van der Waals surface area contributed by atoms with Crippen molar-refractivity contribution in [3.8, 4) is 11.5 Å². The van der Waals surface area contributed by atoms with Crippen LogP contribution < -0.4 is 20.1 Å². The maximum atomic E-state index is 11.2. The fraction of sp³-hybridized carbons (Fsp3) is 0.263. The fourth-order valence-electron chi connectivity index (χ4n) is 3.14. The van der Waals surface area contributed by atoms with E-state index >= 15 is 0 Å². The Morgan fingerprint density at radius 3 is 2.96 bits per heavy atom. The molecular weight excluding hydrogens is 334 g/mol. The highest BCUT2D eigenvalue weighted by atomic mass is 16.5. The number of hydrogen-bond donors (Lipinski definition) is 2. The van der Waals surface area contributed by atoms with Gasteiger partial charge in [0.15, 0.2) is 0 Å². The Bertz CT molecular complexity index is 894. The zero-order valence-electron chi connectivity index (χ0n) is 14.5. The predicted octanol–water partition coefficient (Wildman–Crippen LogP) is 2.89. The van der Waals surface area contributed by atoms with E-state index in [0.29, 0.717) is 19.2 Å². The molecule has 1 amide bonds. The normalized spacial score (nSPS) is 17.2. The molecule has 4 rings (SSSR count). The van der Waals surface area contributed by atoms with Crippen LogP contribution >= 0.6 is 0 Å². The first kappa shape index (κ1) is 16.3. The van der Waals surface area contributed by atoms with E-state index in [2.05, 4.69) is 15.6 Å². The van der Waals surface area contributed by atoms with Crippen molar-refractivity contribution in [3.05, 3.63) is 47.5 Å². The van der Waals surface area contributed by atoms with Crippen LogP contribution in [0, 0.1) is 0 Å². The van der Waals surface area contributed by atoms with Gasteiger partial charge in [-0.25, -0.2) is 0 Å². The molecule has 0 aromatic heterocycles. The second kappa shape index (κ2) is 6.59. The number of nitrogens with one attached hydrogen (secondary N) is 2. The summed E-state index contributed by atoms with van der Waals surface area (Å²) in [6.07, 6.45) is 0. The van der Waals surface area contributed by atoms with Crippen molar-refractivity contribution in [1.29, 1.82) is 0 Å². The summed E-state index contributed by atoms with van der Waals surface area (Å²) in [6.45, 7) is 2.33. The molecule has 0 spiro atoms. The lowest BCUT2D eigenvalue weighted by atomic mass is 10.1. The molecule has 134 valence electrons. The van der Waals surface area contributed by atoms with E-state index in [9.17, 15) is 4.79 Å². The monoisotopic (exact) mass is 353 g/mol. The van der Waals surface area contributed by atoms with E-state index in [0.717, 1.165) is 34.0 Å². The molecule has 0 fully saturated rings. The van der Waals surface area contributed by atoms with Gasteiger partial charge in [0.25, 0.3) is 6.02 Å². The van der Waals surface area contributed by atoms with Crippen LogP contribution in [0.5, 0.6) is 11.5 Å². The smallest absolute Gasteiger partial charge is 0.290 e. The van der Waals surface area contributed by atoms with Gasteiger partial charge in [-0.3, -0.25) is 4.79 Å². The molecule has 0 saturated carbocycles. The number of nitrogens with zero attached hydrogens (tertiary/aromatic N) is 1. The van der Waals surface area contributed by atoms with Gasteiger partial charge in [0.1, 0.15) is 24.7 Å². The van der Waals surface area contributed by atoms with Gasteiger partial charge in [0, 0.05) is 18.2 Å². The molecule has 2 aromatic rings. The predicted molar refractivity (Wildman–Crippen MR) is 97.0 cm³/mol. The third-order valence-electron chi connectivity index (χ3n) is 4.28.